The van der Waals surface area contributed by atoms with Gasteiger partial charge in [0.1, 0.15) is 0 Å². The van der Waals surface area contributed by atoms with Crippen LogP contribution in [0.15, 0.2) is 6.07 Å². The molecule has 1 fully saturated rings. The van der Waals surface area contributed by atoms with Crippen molar-refractivity contribution in [3.8, 4) is 0 Å². The van der Waals surface area contributed by atoms with Crippen molar-refractivity contribution in [3.63, 3.8) is 0 Å². The minimum absolute atomic E-state index is 0.0330. The van der Waals surface area contributed by atoms with Gasteiger partial charge in [0.2, 0.25) is 0 Å². The predicted octanol–water partition coefficient (Wildman–Crippen LogP) is 2.04. The molecule has 3 rings (SSSR count). The number of nitrogens with zero attached hydrogens (tertiary/aromatic N) is 4. The summed E-state index contributed by atoms with van der Waals surface area (Å²) in [4.78, 5) is 18.5. The van der Waals surface area contributed by atoms with E-state index in [2.05, 4.69) is 15.1 Å². The highest BCUT2D eigenvalue weighted by atomic mass is 19.4. The van der Waals surface area contributed by atoms with Crippen molar-refractivity contribution in [1.82, 2.24) is 19.6 Å². The zero-order valence-corrected chi connectivity index (χ0v) is 10.8. The van der Waals surface area contributed by atoms with Crippen LogP contribution in [0.3, 0.4) is 0 Å². The average Bonchev–Trinajstić information content (AvgIpc) is 3.14. The number of halogens is 3. The van der Waals surface area contributed by atoms with Gasteiger partial charge in [-0.15, -0.1) is 5.10 Å². The van der Waals surface area contributed by atoms with Crippen LogP contribution in [0.1, 0.15) is 42.4 Å². The summed E-state index contributed by atoms with van der Waals surface area (Å²) >= 11 is 0. The van der Waals surface area contributed by atoms with Crippen molar-refractivity contribution in [2.45, 2.75) is 37.8 Å². The van der Waals surface area contributed by atoms with E-state index >= 15 is 0 Å². The van der Waals surface area contributed by atoms with Gasteiger partial charge in [0.25, 0.3) is 5.78 Å². The number of hydrogen-bond donors (Lipinski definition) is 1. The molecule has 0 bridgehead atoms. The van der Waals surface area contributed by atoms with Gasteiger partial charge >= 0.3 is 12.1 Å². The predicted molar refractivity (Wildman–Crippen MR) is 63.7 cm³/mol. The van der Waals surface area contributed by atoms with Crippen LogP contribution in [0.25, 0.3) is 5.78 Å². The van der Waals surface area contributed by atoms with E-state index in [9.17, 15) is 18.0 Å². The molecule has 2 aromatic heterocycles. The lowest BCUT2D eigenvalue weighted by Crippen LogP contribution is -2.14. The molecule has 21 heavy (non-hydrogen) atoms. The highest BCUT2D eigenvalue weighted by molar-refractivity contribution is 5.66. The number of alkyl halides is 3. The first kappa shape index (κ1) is 13.8. The molecule has 0 aliphatic heterocycles. The van der Waals surface area contributed by atoms with Gasteiger partial charge < -0.3 is 5.11 Å². The summed E-state index contributed by atoms with van der Waals surface area (Å²) in [7, 11) is 0. The summed E-state index contributed by atoms with van der Waals surface area (Å²) in [6, 6.07) is 1.00. The molecule has 0 amide bonds. The normalized spacial score (nSPS) is 15.6. The fourth-order valence-electron chi connectivity index (χ4n) is 2.04. The van der Waals surface area contributed by atoms with Gasteiger partial charge in [-0.2, -0.15) is 22.7 Å². The Morgan fingerprint density at radius 2 is 2.10 bits per heavy atom. The van der Waals surface area contributed by atoms with E-state index in [4.69, 9.17) is 5.11 Å². The molecule has 112 valence electrons. The Bertz CT molecular complexity index is 706. The lowest BCUT2D eigenvalue weighted by molar-refractivity contribution is -0.143. The Balaban J connectivity index is 2.06. The van der Waals surface area contributed by atoms with Gasteiger partial charge in [-0.3, -0.25) is 4.79 Å². The molecular formula is C12H11F3N4O2. The van der Waals surface area contributed by atoms with E-state index in [1.807, 2.05) is 0 Å². The molecular weight excluding hydrogens is 289 g/mol. The molecule has 1 saturated carbocycles. The van der Waals surface area contributed by atoms with Crippen LogP contribution >= 0.6 is 0 Å². The standard InChI is InChI=1S/C12H11F3N4O2/c13-12(14,15)8-5-7(6-1-2-6)16-11-17-9(18-19(8)11)3-4-10(20)21/h5-6H,1-4H2,(H,20,21). The van der Waals surface area contributed by atoms with Crippen molar-refractivity contribution >= 4 is 11.7 Å². The fraction of sp³-hybridized carbons (Fsp3) is 0.500. The summed E-state index contributed by atoms with van der Waals surface area (Å²) in [5.41, 5.74) is -0.560. The largest absolute Gasteiger partial charge is 0.481 e. The van der Waals surface area contributed by atoms with Crippen LogP contribution in [0.2, 0.25) is 0 Å². The maximum Gasteiger partial charge on any atom is 0.433 e. The summed E-state index contributed by atoms with van der Waals surface area (Å²) < 4.78 is 39.9. The van der Waals surface area contributed by atoms with Crippen LogP contribution in [-0.2, 0) is 17.4 Å². The van der Waals surface area contributed by atoms with E-state index < -0.39 is 17.8 Å². The third-order valence-corrected chi connectivity index (χ3v) is 3.22. The topological polar surface area (TPSA) is 80.4 Å². The maximum absolute atomic E-state index is 13.1. The second kappa shape index (κ2) is 4.68. The number of carboxylic acids is 1. The third kappa shape index (κ3) is 2.81. The van der Waals surface area contributed by atoms with Crippen LogP contribution in [-0.4, -0.2) is 30.7 Å². The number of aryl methyl sites for hydroxylation is 1. The molecule has 2 heterocycles. The number of rotatable bonds is 4. The van der Waals surface area contributed by atoms with Gasteiger partial charge in [0, 0.05) is 18.0 Å². The molecule has 1 N–H and O–H groups in total. The number of carboxylic acid groups (broad SMARTS) is 1. The van der Waals surface area contributed by atoms with E-state index in [0.29, 0.717) is 10.2 Å². The average molecular weight is 300 g/mol. The summed E-state index contributed by atoms with van der Waals surface area (Å²) in [5, 5.41) is 12.3. The molecule has 6 nitrogen and oxygen atoms in total. The minimum atomic E-state index is -4.57. The quantitative estimate of drug-likeness (QED) is 0.934. The van der Waals surface area contributed by atoms with Gasteiger partial charge in [0.05, 0.1) is 6.42 Å². The van der Waals surface area contributed by atoms with E-state index in [1.54, 1.807) is 0 Å². The SMILES string of the molecule is O=C(O)CCc1nc2nc(C3CC3)cc(C(F)(F)F)n2n1. The summed E-state index contributed by atoms with van der Waals surface area (Å²) in [6.45, 7) is 0. The lowest BCUT2D eigenvalue weighted by atomic mass is 10.2. The Morgan fingerprint density at radius 1 is 1.38 bits per heavy atom. The molecule has 0 atom stereocenters. The highest BCUT2D eigenvalue weighted by Gasteiger charge is 2.37. The second-order valence-electron chi connectivity index (χ2n) is 4.97. The van der Waals surface area contributed by atoms with Gasteiger partial charge in [-0.25, -0.2) is 4.98 Å². The van der Waals surface area contributed by atoms with E-state index in [1.165, 1.54) is 0 Å². The van der Waals surface area contributed by atoms with Crippen molar-refractivity contribution in [2.24, 2.45) is 0 Å². The molecule has 0 radical (unpaired) electrons. The maximum atomic E-state index is 13.1. The first-order valence-corrected chi connectivity index (χ1v) is 6.40. The van der Waals surface area contributed by atoms with Crippen molar-refractivity contribution in [2.75, 3.05) is 0 Å². The number of aliphatic carboxylic acids is 1. The van der Waals surface area contributed by atoms with Gasteiger partial charge in [-0.05, 0) is 18.9 Å². The van der Waals surface area contributed by atoms with Crippen LogP contribution in [0.4, 0.5) is 13.2 Å². The molecule has 0 aromatic carbocycles. The summed E-state index contributed by atoms with van der Waals surface area (Å²) in [5.74, 6) is -1.10. The fourth-order valence-corrected chi connectivity index (χ4v) is 2.04. The molecule has 1 aliphatic rings. The number of aromatic nitrogens is 4. The van der Waals surface area contributed by atoms with Crippen molar-refractivity contribution in [3.05, 3.63) is 23.3 Å². The van der Waals surface area contributed by atoms with Gasteiger partial charge in [0.15, 0.2) is 11.5 Å². The van der Waals surface area contributed by atoms with E-state index in [-0.39, 0.29) is 30.4 Å². The Labute approximate surface area is 116 Å². The Hall–Kier alpha value is -2.19. The smallest absolute Gasteiger partial charge is 0.433 e. The Kier molecular flexibility index (Phi) is 3.07. The zero-order chi connectivity index (χ0) is 15.2. The second-order valence-corrected chi connectivity index (χ2v) is 4.97. The first-order chi connectivity index (χ1) is 9.84. The molecule has 2 aromatic rings. The summed E-state index contributed by atoms with van der Waals surface area (Å²) in [6.07, 6.45) is -3.20. The van der Waals surface area contributed by atoms with Crippen molar-refractivity contribution in [1.29, 1.82) is 0 Å². The number of hydrogen-bond acceptors (Lipinski definition) is 4. The molecule has 0 unspecified atom stereocenters. The molecule has 0 spiro atoms. The Morgan fingerprint density at radius 3 is 2.67 bits per heavy atom. The van der Waals surface area contributed by atoms with Crippen LogP contribution in [0.5, 0.6) is 0 Å². The zero-order valence-electron chi connectivity index (χ0n) is 10.8. The first-order valence-electron chi connectivity index (χ1n) is 6.40. The van der Waals surface area contributed by atoms with Crippen molar-refractivity contribution < 1.29 is 23.1 Å². The number of fused-ring (bicyclic) bond motifs is 1. The van der Waals surface area contributed by atoms with Gasteiger partial charge in [-0.1, -0.05) is 0 Å². The van der Waals surface area contributed by atoms with Crippen LogP contribution < -0.4 is 0 Å². The number of carbonyl (C=O) groups is 1. The minimum Gasteiger partial charge on any atom is -0.481 e. The van der Waals surface area contributed by atoms with Crippen LogP contribution in [0, 0.1) is 0 Å². The van der Waals surface area contributed by atoms with E-state index in [0.717, 1.165) is 18.9 Å². The third-order valence-electron chi connectivity index (χ3n) is 3.22. The molecule has 0 saturated heterocycles. The highest BCUT2D eigenvalue weighted by Crippen LogP contribution is 2.41. The monoisotopic (exact) mass is 300 g/mol. The molecule has 1 aliphatic carbocycles. The lowest BCUT2D eigenvalue weighted by Gasteiger charge is -2.09. The molecule has 9 heteroatoms.